The normalized spacial score (nSPS) is 19.9. The molecule has 7 nitrogen and oxygen atoms in total. The number of carbonyl (C=O) groups excluding carboxylic acids is 2. The van der Waals surface area contributed by atoms with Crippen molar-refractivity contribution in [3.8, 4) is 11.5 Å². The molecule has 1 fully saturated rings. The predicted octanol–water partition coefficient (Wildman–Crippen LogP) is 3.25. The van der Waals surface area contributed by atoms with E-state index >= 15 is 0 Å². The summed E-state index contributed by atoms with van der Waals surface area (Å²) in [7, 11) is 1.66. The SMILES string of the molecule is COc1ccc2c(c1)CCCN2C(=O)CN1C[C@H](C(=O)N2CCCCC2)Oc2ccccc21. The van der Waals surface area contributed by atoms with E-state index in [2.05, 4.69) is 0 Å². The number of nitrogens with zero attached hydrogens (tertiary/aromatic N) is 3. The monoisotopic (exact) mass is 449 g/mol. The van der Waals surface area contributed by atoms with Crippen LogP contribution in [0.4, 0.5) is 11.4 Å². The van der Waals surface area contributed by atoms with E-state index in [4.69, 9.17) is 9.47 Å². The fourth-order valence-corrected chi connectivity index (χ4v) is 5.11. The van der Waals surface area contributed by atoms with E-state index < -0.39 is 6.10 Å². The first kappa shape index (κ1) is 21.6. The molecule has 0 radical (unpaired) electrons. The highest BCUT2D eigenvalue weighted by Gasteiger charge is 2.35. The summed E-state index contributed by atoms with van der Waals surface area (Å²) in [5.41, 5.74) is 2.95. The van der Waals surface area contributed by atoms with Gasteiger partial charge in [-0.25, -0.2) is 0 Å². The van der Waals surface area contributed by atoms with Gasteiger partial charge in [0.2, 0.25) is 5.91 Å². The Morgan fingerprint density at radius 1 is 1.00 bits per heavy atom. The number of carbonyl (C=O) groups is 2. The molecule has 0 N–H and O–H groups in total. The number of hydrogen-bond donors (Lipinski definition) is 0. The van der Waals surface area contributed by atoms with Crippen LogP contribution in [0.2, 0.25) is 0 Å². The number of amides is 2. The smallest absolute Gasteiger partial charge is 0.265 e. The number of para-hydroxylation sites is 2. The Balaban J connectivity index is 1.36. The van der Waals surface area contributed by atoms with Crippen LogP contribution in [0.25, 0.3) is 0 Å². The maximum absolute atomic E-state index is 13.5. The highest BCUT2D eigenvalue weighted by molar-refractivity contribution is 5.98. The van der Waals surface area contributed by atoms with Crippen molar-refractivity contribution in [3.63, 3.8) is 0 Å². The third-order valence-corrected chi connectivity index (χ3v) is 6.84. The fourth-order valence-electron chi connectivity index (χ4n) is 5.11. The molecule has 3 heterocycles. The molecule has 5 rings (SSSR count). The molecule has 3 aliphatic rings. The number of piperidine rings is 1. The van der Waals surface area contributed by atoms with Gasteiger partial charge in [-0.05, 0) is 68.0 Å². The van der Waals surface area contributed by atoms with Crippen molar-refractivity contribution in [1.82, 2.24) is 4.90 Å². The molecule has 174 valence electrons. The van der Waals surface area contributed by atoms with Crippen LogP contribution < -0.4 is 19.3 Å². The second-order valence-corrected chi connectivity index (χ2v) is 8.98. The summed E-state index contributed by atoms with van der Waals surface area (Å²) in [5.74, 6) is 1.53. The second-order valence-electron chi connectivity index (χ2n) is 8.98. The zero-order valence-corrected chi connectivity index (χ0v) is 19.2. The van der Waals surface area contributed by atoms with Crippen molar-refractivity contribution in [2.75, 3.05) is 49.6 Å². The molecule has 0 spiro atoms. The Kier molecular flexibility index (Phi) is 6.11. The quantitative estimate of drug-likeness (QED) is 0.717. The maximum Gasteiger partial charge on any atom is 0.265 e. The van der Waals surface area contributed by atoms with Gasteiger partial charge in [-0.15, -0.1) is 0 Å². The third kappa shape index (κ3) is 4.36. The lowest BCUT2D eigenvalue weighted by Gasteiger charge is -2.39. The molecule has 3 aliphatic heterocycles. The highest BCUT2D eigenvalue weighted by Crippen LogP contribution is 2.35. The first-order valence-electron chi connectivity index (χ1n) is 11.9. The number of anilines is 2. The van der Waals surface area contributed by atoms with E-state index in [0.717, 1.165) is 61.5 Å². The van der Waals surface area contributed by atoms with E-state index in [1.807, 2.05) is 57.2 Å². The van der Waals surface area contributed by atoms with Crippen LogP contribution in [0.5, 0.6) is 11.5 Å². The molecule has 0 aliphatic carbocycles. The number of aryl methyl sites for hydroxylation is 1. The second kappa shape index (κ2) is 9.33. The van der Waals surface area contributed by atoms with Crippen LogP contribution >= 0.6 is 0 Å². The van der Waals surface area contributed by atoms with Gasteiger partial charge in [-0.3, -0.25) is 9.59 Å². The van der Waals surface area contributed by atoms with Gasteiger partial charge < -0.3 is 24.2 Å². The molecule has 0 bridgehead atoms. The van der Waals surface area contributed by atoms with Crippen LogP contribution in [0.1, 0.15) is 31.2 Å². The standard InChI is InChI=1S/C26H31N3O4/c1-32-20-11-12-21-19(16-20)8-7-15-29(21)25(30)18-28-17-24(26(31)27-13-5-2-6-14-27)33-23-10-4-3-9-22(23)28/h3-4,9-12,16,24H,2,5-8,13-15,17-18H2,1H3/t24-/m1/s1. The molecular weight excluding hydrogens is 418 g/mol. The number of benzene rings is 2. The van der Waals surface area contributed by atoms with Crippen molar-refractivity contribution in [2.45, 2.75) is 38.2 Å². The molecule has 1 saturated heterocycles. The topological polar surface area (TPSA) is 62.3 Å². The number of hydrogen-bond acceptors (Lipinski definition) is 5. The summed E-state index contributed by atoms with van der Waals surface area (Å²) in [6.07, 6.45) is 4.50. The largest absolute Gasteiger partial charge is 0.497 e. The summed E-state index contributed by atoms with van der Waals surface area (Å²) in [5, 5.41) is 0. The summed E-state index contributed by atoms with van der Waals surface area (Å²) < 4.78 is 11.5. The number of methoxy groups -OCH3 is 1. The maximum atomic E-state index is 13.5. The highest BCUT2D eigenvalue weighted by atomic mass is 16.5. The Hall–Kier alpha value is -3.22. The van der Waals surface area contributed by atoms with Gasteiger partial charge in [0.1, 0.15) is 11.5 Å². The van der Waals surface area contributed by atoms with Gasteiger partial charge in [-0.2, -0.15) is 0 Å². The van der Waals surface area contributed by atoms with Gasteiger partial charge in [0.15, 0.2) is 6.10 Å². The molecule has 0 saturated carbocycles. The fraction of sp³-hybridized carbons (Fsp3) is 0.462. The van der Waals surface area contributed by atoms with Gasteiger partial charge in [0.25, 0.3) is 5.91 Å². The van der Waals surface area contributed by atoms with Crippen molar-refractivity contribution in [3.05, 3.63) is 48.0 Å². The molecule has 1 atom stereocenters. The Morgan fingerprint density at radius 3 is 2.64 bits per heavy atom. The molecule has 2 amide bonds. The van der Waals surface area contributed by atoms with E-state index in [1.165, 1.54) is 6.42 Å². The third-order valence-electron chi connectivity index (χ3n) is 6.84. The van der Waals surface area contributed by atoms with Crippen molar-refractivity contribution in [1.29, 1.82) is 0 Å². The van der Waals surface area contributed by atoms with Gasteiger partial charge in [0.05, 0.1) is 25.9 Å². The van der Waals surface area contributed by atoms with Crippen LogP contribution in [0, 0.1) is 0 Å². The van der Waals surface area contributed by atoms with Gasteiger partial charge in [-0.1, -0.05) is 12.1 Å². The van der Waals surface area contributed by atoms with Crippen molar-refractivity contribution < 1.29 is 19.1 Å². The lowest BCUT2D eigenvalue weighted by molar-refractivity contribution is -0.139. The lowest BCUT2D eigenvalue weighted by atomic mass is 10.0. The molecule has 2 aromatic rings. The number of rotatable bonds is 4. The zero-order chi connectivity index (χ0) is 22.8. The minimum Gasteiger partial charge on any atom is -0.497 e. The minimum atomic E-state index is -0.594. The van der Waals surface area contributed by atoms with Crippen LogP contribution in [-0.2, 0) is 16.0 Å². The van der Waals surface area contributed by atoms with Gasteiger partial charge in [0, 0.05) is 25.3 Å². The average molecular weight is 450 g/mol. The van der Waals surface area contributed by atoms with Crippen LogP contribution in [0.15, 0.2) is 42.5 Å². The number of fused-ring (bicyclic) bond motifs is 2. The van der Waals surface area contributed by atoms with E-state index in [-0.39, 0.29) is 18.4 Å². The summed E-state index contributed by atoms with van der Waals surface area (Å²) in [6, 6.07) is 13.6. The van der Waals surface area contributed by atoms with Crippen LogP contribution in [0.3, 0.4) is 0 Å². The Morgan fingerprint density at radius 2 is 1.82 bits per heavy atom. The zero-order valence-electron chi connectivity index (χ0n) is 19.2. The number of ether oxygens (including phenoxy) is 2. The van der Waals surface area contributed by atoms with E-state index in [1.54, 1.807) is 7.11 Å². The first-order chi connectivity index (χ1) is 16.1. The Bertz CT molecular complexity index is 1030. The molecule has 0 unspecified atom stereocenters. The van der Waals surface area contributed by atoms with Crippen molar-refractivity contribution in [2.24, 2.45) is 0 Å². The number of likely N-dealkylation sites (tertiary alicyclic amines) is 1. The lowest BCUT2D eigenvalue weighted by Crippen LogP contribution is -2.53. The predicted molar refractivity (Wildman–Crippen MR) is 127 cm³/mol. The molecule has 0 aromatic heterocycles. The molecular formula is C26H31N3O4. The molecule has 2 aromatic carbocycles. The minimum absolute atomic E-state index is 0.0251. The summed E-state index contributed by atoms with van der Waals surface area (Å²) in [4.78, 5) is 32.5. The van der Waals surface area contributed by atoms with E-state index in [0.29, 0.717) is 18.8 Å². The average Bonchev–Trinajstić information content (AvgIpc) is 2.87. The Labute approximate surface area is 194 Å². The summed E-state index contributed by atoms with van der Waals surface area (Å²) >= 11 is 0. The van der Waals surface area contributed by atoms with E-state index in [9.17, 15) is 9.59 Å². The summed E-state index contributed by atoms with van der Waals surface area (Å²) in [6.45, 7) is 2.85. The van der Waals surface area contributed by atoms with Gasteiger partial charge >= 0.3 is 0 Å². The molecule has 33 heavy (non-hydrogen) atoms. The first-order valence-corrected chi connectivity index (χ1v) is 11.9. The van der Waals surface area contributed by atoms with Crippen molar-refractivity contribution >= 4 is 23.2 Å². The van der Waals surface area contributed by atoms with Crippen LogP contribution in [-0.4, -0.2) is 62.7 Å². The molecule has 7 heteroatoms.